The van der Waals surface area contributed by atoms with Crippen LogP contribution in [0.2, 0.25) is 0 Å². The predicted molar refractivity (Wildman–Crippen MR) is 103 cm³/mol. The van der Waals surface area contributed by atoms with E-state index in [0.717, 1.165) is 37.4 Å². The second kappa shape index (κ2) is 8.41. The van der Waals surface area contributed by atoms with Crippen LogP contribution in [0.25, 0.3) is 11.6 Å². The van der Waals surface area contributed by atoms with Crippen molar-refractivity contribution < 1.29 is 14.2 Å². The number of ether oxygens (including phenoxy) is 3. The maximum Gasteiger partial charge on any atom is 0.161 e. The van der Waals surface area contributed by atoms with Crippen LogP contribution in [0.3, 0.4) is 0 Å². The number of benzene rings is 2. The number of hydrogen-bond acceptors (Lipinski definition) is 5. The standard InChI is InChI=1S/C21H22N2O3/c1-24-20-8-5-17(14-21(20)25-2)18(15-22)13-16-3-6-19(7-4-16)23-9-11-26-12-10-23/h3-8,13-14H,9-12H2,1-2H3/b18-13+. The SMILES string of the molecule is COc1ccc(/C(C#N)=C/c2ccc(N3CCOCC3)cc2)cc1OC. The first-order valence-electron chi connectivity index (χ1n) is 8.52. The van der Waals surface area contributed by atoms with E-state index in [9.17, 15) is 5.26 Å². The highest BCUT2D eigenvalue weighted by Gasteiger charge is 2.11. The van der Waals surface area contributed by atoms with Gasteiger partial charge in [-0.2, -0.15) is 5.26 Å². The monoisotopic (exact) mass is 350 g/mol. The highest BCUT2D eigenvalue weighted by atomic mass is 16.5. The molecule has 5 heteroatoms. The zero-order valence-corrected chi connectivity index (χ0v) is 15.1. The summed E-state index contributed by atoms with van der Waals surface area (Å²) in [5.41, 5.74) is 3.52. The van der Waals surface area contributed by atoms with Crippen LogP contribution in [-0.4, -0.2) is 40.5 Å². The van der Waals surface area contributed by atoms with Crippen LogP contribution in [0, 0.1) is 11.3 Å². The minimum atomic E-state index is 0.574. The van der Waals surface area contributed by atoms with Gasteiger partial charge >= 0.3 is 0 Å². The van der Waals surface area contributed by atoms with Gasteiger partial charge in [0.2, 0.25) is 0 Å². The van der Waals surface area contributed by atoms with Crippen LogP contribution in [-0.2, 0) is 4.74 Å². The van der Waals surface area contributed by atoms with Crippen LogP contribution < -0.4 is 14.4 Å². The summed E-state index contributed by atoms with van der Waals surface area (Å²) in [5, 5.41) is 9.58. The molecule has 0 radical (unpaired) electrons. The van der Waals surface area contributed by atoms with Crippen molar-refractivity contribution in [2.24, 2.45) is 0 Å². The molecule has 1 saturated heterocycles. The summed E-state index contributed by atoms with van der Waals surface area (Å²) in [6.07, 6.45) is 1.88. The Balaban J connectivity index is 1.84. The van der Waals surface area contributed by atoms with Crippen LogP contribution in [0.4, 0.5) is 5.69 Å². The van der Waals surface area contributed by atoms with E-state index in [2.05, 4.69) is 23.1 Å². The van der Waals surface area contributed by atoms with Gasteiger partial charge in [-0.3, -0.25) is 0 Å². The van der Waals surface area contributed by atoms with E-state index in [1.807, 2.05) is 30.3 Å². The lowest BCUT2D eigenvalue weighted by atomic mass is 10.0. The lowest BCUT2D eigenvalue weighted by Gasteiger charge is -2.28. The molecule has 26 heavy (non-hydrogen) atoms. The van der Waals surface area contributed by atoms with Crippen molar-refractivity contribution >= 4 is 17.3 Å². The summed E-state index contributed by atoms with van der Waals surface area (Å²) >= 11 is 0. The molecule has 0 amide bonds. The molecule has 0 atom stereocenters. The van der Waals surface area contributed by atoms with E-state index >= 15 is 0 Å². The highest BCUT2D eigenvalue weighted by molar-refractivity contribution is 5.90. The molecule has 1 fully saturated rings. The highest BCUT2D eigenvalue weighted by Crippen LogP contribution is 2.31. The second-order valence-electron chi connectivity index (χ2n) is 5.93. The fourth-order valence-corrected chi connectivity index (χ4v) is 2.95. The third-order valence-electron chi connectivity index (χ3n) is 4.40. The number of morpholine rings is 1. The number of rotatable bonds is 5. The van der Waals surface area contributed by atoms with Crippen molar-refractivity contribution in [1.82, 2.24) is 0 Å². The quantitative estimate of drug-likeness (QED) is 0.609. The van der Waals surface area contributed by atoms with Gasteiger partial charge in [-0.1, -0.05) is 12.1 Å². The number of nitriles is 1. The molecule has 0 bridgehead atoms. The Hall–Kier alpha value is -2.97. The van der Waals surface area contributed by atoms with E-state index in [1.54, 1.807) is 20.3 Å². The molecule has 1 aliphatic rings. The molecule has 2 aromatic carbocycles. The summed E-state index contributed by atoms with van der Waals surface area (Å²) in [6, 6.07) is 16.0. The summed E-state index contributed by atoms with van der Waals surface area (Å²) in [6.45, 7) is 3.34. The third-order valence-corrected chi connectivity index (χ3v) is 4.40. The molecular formula is C21H22N2O3. The van der Waals surface area contributed by atoms with Gasteiger partial charge in [0.15, 0.2) is 11.5 Å². The first kappa shape index (κ1) is 17.8. The molecule has 0 unspecified atom stereocenters. The molecule has 0 aromatic heterocycles. The van der Waals surface area contributed by atoms with E-state index in [1.165, 1.54) is 5.69 Å². The number of hydrogen-bond donors (Lipinski definition) is 0. The Bertz CT molecular complexity index is 816. The Morgan fingerprint density at radius 2 is 1.73 bits per heavy atom. The van der Waals surface area contributed by atoms with Gasteiger partial charge in [-0.15, -0.1) is 0 Å². The molecular weight excluding hydrogens is 328 g/mol. The van der Waals surface area contributed by atoms with E-state index in [-0.39, 0.29) is 0 Å². The molecule has 2 aromatic rings. The van der Waals surface area contributed by atoms with Crippen LogP contribution in [0.15, 0.2) is 42.5 Å². The van der Waals surface area contributed by atoms with Crippen molar-refractivity contribution in [3.63, 3.8) is 0 Å². The minimum Gasteiger partial charge on any atom is -0.493 e. The zero-order chi connectivity index (χ0) is 18.4. The Morgan fingerprint density at radius 1 is 1.04 bits per heavy atom. The van der Waals surface area contributed by atoms with Crippen LogP contribution in [0.1, 0.15) is 11.1 Å². The van der Waals surface area contributed by atoms with Crippen LogP contribution in [0.5, 0.6) is 11.5 Å². The Kier molecular flexibility index (Phi) is 5.77. The summed E-state index contributed by atoms with van der Waals surface area (Å²) in [7, 11) is 3.18. The summed E-state index contributed by atoms with van der Waals surface area (Å²) in [5.74, 6) is 1.25. The smallest absolute Gasteiger partial charge is 0.161 e. The fourth-order valence-electron chi connectivity index (χ4n) is 2.95. The van der Waals surface area contributed by atoms with Gasteiger partial charge in [0.05, 0.1) is 39.1 Å². The van der Waals surface area contributed by atoms with Gasteiger partial charge < -0.3 is 19.1 Å². The first-order valence-corrected chi connectivity index (χ1v) is 8.52. The number of nitrogens with zero attached hydrogens (tertiary/aromatic N) is 2. The van der Waals surface area contributed by atoms with Crippen molar-refractivity contribution in [3.8, 4) is 17.6 Å². The maximum atomic E-state index is 9.58. The Morgan fingerprint density at radius 3 is 2.35 bits per heavy atom. The molecule has 0 aliphatic carbocycles. The molecule has 134 valence electrons. The minimum absolute atomic E-state index is 0.574. The third kappa shape index (κ3) is 3.98. The van der Waals surface area contributed by atoms with E-state index < -0.39 is 0 Å². The zero-order valence-electron chi connectivity index (χ0n) is 15.1. The van der Waals surface area contributed by atoms with Crippen LogP contribution >= 0.6 is 0 Å². The summed E-state index contributed by atoms with van der Waals surface area (Å²) in [4.78, 5) is 2.30. The van der Waals surface area contributed by atoms with Gasteiger partial charge in [0.25, 0.3) is 0 Å². The molecule has 0 N–H and O–H groups in total. The van der Waals surface area contributed by atoms with Crippen molar-refractivity contribution in [1.29, 1.82) is 5.26 Å². The van der Waals surface area contributed by atoms with Crippen molar-refractivity contribution in [2.45, 2.75) is 0 Å². The largest absolute Gasteiger partial charge is 0.493 e. The summed E-state index contributed by atoms with van der Waals surface area (Å²) < 4.78 is 16.0. The molecule has 5 nitrogen and oxygen atoms in total. The van der Waals surface area contributed by atoms with Gasteiger partial charge in [-0.25, -0.2) is 0 Å². The van der Waals surface area contributed by atoms with E-state index in [0.29, 0.717) is 17.1 Å². The number of methoxy groups -OCH3 is 2. The van der Waals surface area contributed by atoms with Crippen molar-refractivity contribution in [3.05, 3.63) is 53.6 Å². The average molecular weight is 350 g/mol. The van der Waals surface area contributed by atoms with Gasteiger partial charge in [-0.05, 0) is 47.5 Å². The first-order chi connectivity index (χ1) is 12.7. The predicted octanol–water partition coefficient (Wildman–Crippen LogP) is 3.60. The van der Waals surface area contributed by atoms with Crippen molar-refractivity contribution in [2.75, 3.05) is 45.4 Å². The molecule has 0 saturated carbocycles. The Labute approximate surface area is 154 Å². The lowest BCUT2D eigenvalue weighted by molar-refractivity contribution is 0.122. The fraction of sp³-hybridized carbons (Fsp3) is 0.286. The average Bonchev–Trinajstić information content (AvgIpc) is 2.72. The van der Waals surface area contributed by atoms with E-state index in [4.69, 9.17) is 14.2 Å². The normalized spacial score (nSPS) is 14.7. The molecule has 0 spiro atoms. The maximum absolute atomic E-state index is 9.58. The topological polar surface area (TPSA) is 54.7 Å². The van der Waals surface area contributed by atoms with Gasteiger partial charge in [0, 0.05) is 18.8 Å². The lowest BCUT2D eigenvalue weighted by Crippen LogP contribution is -2.36. The molecule has 1 aliphatic heterocycles. The molecule has 3 rings (SSSR count). The van der Waals surface area contributed by atoms with Gasteiger partial charge in [0.1, 0.15) is 0 Å². The number of allylic oxidation sites excluding steroid dienone is 1. The number of anilines is 1. The second-order valence-corrected chi connectivity index (χ2v) is 5.93. The molecule has 1 heterocycles.